The zero-order valence-electron chi connectivity index (χ0n) is 10.5. The van der Waals surface area contributed by atoms with Gasteiger partial charge in [0.25, 0.3) is 0 Å². The maximum atomic E-state index is 11.6. The Hall–Kier alpha value is -2.49. The first kappa shape index (κ1) is 13.0. The summed E-state index contributed by atoms with van der Waals surface area (Å²) in [6.07, 6.45) is 6.09. The molecule has 0 atom stereocenters. The number of hydrazone groups is 1. The van der Waals surface area contributed by atoms with Crippen LogP contribution < -0.4 is 5.43 Å². The van der Waals surface area contributed by atoms with Crippen molar-refractivity contribution >= 4 is 12.1 Å². The van der Waals surface area contributed by atoms with E-state index in [1.807, 2.05) is 42.5 Å². The Morgan fingerprint density at radius 2 is 2.05 bits per heavy atom. The molecule has 1 amide bonds. The minimum atomic E-state index is -0.0935. The van der Waals surface area contributed by atoms with Gasteiger partial charge in [0.2, 0.25) is 5.91 Å². The molecule has 4 heteroatoms. The monoisotopic (exact) mass is 253 g/mol. The number of rotatable bonds is 5. The van der Waals surface area contributed by atoms with Crippen molar-refractivity contribution in [1.82, 2.24) is 10.4 Å². The van der Waals surface area contributed by atoms with E-state index in [1.54, 1.807) is 18.6 Å². The zero-order valence-corrected chi connectivity index (χ0v) is 10.5. The summed E-state index contributed by atoms with van der Waals surface area (Å²) in [5, 5.41) is 3.89. The number of hydrogen-bond donors (Lipinski definition) is 1. The molecule has 0 unspecified atom stereocenters. The van der Waals surface area contributed by atoms with Gasteiger partial charge in [0.1, 0.15) is 0 Å². The number of amides is 1. The molecule has 4 nitrogen and oxygen atoms in total. The van der Waals surface area contributed by atoms with Gasteiger partial charge in [-0.25, -0.2) is 5.43 Å². The second kappa shape index (κ2) is 7.06. The summed E-state index contributed by atoms with van der Waals surface area (Å²) in [5.74, 6) is -0.0935. The van der Waals surface area contributed by atoms with Crippen LogP contribution in [0.5, 0.6) is 0 Å². The van der Waals surface area contributed by atoms with Crippen molar-refractivity contribution in [2.45, 2.75) is 12.8 Å². The molecule has 0 aliphatic rings. The van der Waals surface area contributed by atoms with Gasteiger partial charge in [0.15, 0.2) is 0 Å². The highest BCUT2D eigenvalue weighted by Gasteiger charge is 2.00. The van der Waals surface area contributed by atoms with Crippen molar-refractivity contribution in [3.05, 3.63) is 66.0 Å². The third-order valence-corrected chi connectivity index (χ3v) is 2.57. The van der Waals surface area contributed by atoms with Crippen LogP contribution in [0, 0.1) is 0 Å². The van der Waals surface area contributed by atoms with Crippen molar-refractivity contribution < 1.29 is 4.79 Å². The first-order chi connectivity index (χ1) is 9.34. The fourth-order valence-corrected chi connectivity index (χ4v) is 1.59. The first-order valence-electron chi connectivity index (χ1n) is 6.10. The lowest BCUT2D eigenvalue weighted by atomic mass is 10.1. The van der Waals surface area contributed by atoms with E-state index < -0.39 is 0 Å². The number of benzene rings is 1. The fraction of sp³-hybridized carbons (Fsp3) is 0.133. The lowest BCUT2D eigenvalue weighted by molar-refractivity contribution is -0.121. The van der Waals surface area contributed by atoms with E-state index in [4.69, 9.17) is 0 Å². The van der Waals surface area contributed by atoms with Crippen molar-refractivity contribution in [2.75, 3.05) is 0 Å². The second-order valence-electron chi connectivity index (χ2n) is 4.07. The molecule has 1 heterocycles. The van der Waals surface area contributed by atoms with E-state index in [9.17, 15) is 4.79 Å². The molecular formula is C15H15N3O. The number of nitrogens with zero attached hydrogens (tertiary/aromatic N) is 2. The third kappa shape index (κ3) is 4.71. The maximum absolute atomic E-state index is 11.6. The average molecular weight is 253 g/mol. The summed E-state index contributed by atoms with van der Waals surface area (Å²) in [5.41, 5.74) is 4.50. The van der Waals surface area contributed by atoms with Gasteiger partial charge in [-0.05, 0) is 18.1 Å². The molecule has 0 aliphatic carbocycles. The lowest BCUT2D eigenvalue weighted by Gasteiger charge is -2.00. The largest absolute Gasteiger partial charge is 0.273 e. The van der Waals surface area contributed by atoms with Crippen molar-refractivity contribution in [3.8, 4) is 0 Å². The summed E-state index contributed by atoms with van der Waals surface area (Å²) < 4.78 is 0. The molecular weight excluding hydrogens is 238 g/mol. The topological polar surface area (TPSA) is 54.4 Å². The molecule has 2 aromatic rings. The maximum Gasteiger partial charge on any atom is 0.240 e. The minimum absolute atomic E-state index is 0.0935. The highest BCUT2D eigenvalue weighted by Crippen LogP contribution is 2.01. The Morgan fingerprint density at radius 3 is 2.79 bits per heavy atom. The Kier molecular flexibility index (Phi) is 4.81. The van der Waals surface area contributed by atoms with Gasteiger partial charge < -0.3 is 0 Å². The van der Waals surface area contributed by atoms with Crippen LogP contribution in [0.15, 0.2) is 60.0 Å². The van der Waals surface area contributed by atoms with E-state index in [-0.39, 0.29) is 5.91 Å². The smallest absolute Gasteiger partial charge is 0.240 e. The van der Waals surface area contributed by atoms with E-state index in [2.05, 4.69) is 15.5 Å². The number of aryl methyl sites for hydroxylation is 1. The number of aromatic nitrogens is 1. The minimum Gasteiger partial charge on any atom is -0.273 e. The molecule has 0 bridgehead atoms. The van der Waals surface area contributed by atoms with Gasteiger partial charge in [-0.2, -0.15) is 5.10 Å². The summed E-state index contributed by atoms with van der Waals surface area (Å²) in [7, 11) is 0. The summed E-state index contributed by atoms with van der Waals surface area (Å²) in [6.45, 7) is 0. The number of nitrogens with one attached hydrogen (secondary N) is 1. The number of pyridine rings is 1. The molecule has 0 saturated heterocycles. The quantitative estimate of drug-likeness (QED) is 0.655. The highest BCUT2D eigenvalue weighted by atomic mass is 16.2. The van der Waals surface area contributed by atoms with Gasteiger partial charge in [0, 0.05) is 24.4 Å². The zero-order chi connectivity index (χ0) is 13.3. The van der Waals surface area contributed by atoms with Crippen LogP contribution in [0.25, 0.3) is 0 Å². The molecule has 1 N–H and O–H groups in total. The molecule has 1 aromatic carbocycles. The van der Waals surface area contributed by atoms with Crippen LogP contribution in [0.2, 0.25) is 0 Å². The van der Waals surface area contributed by atoms with Crippen LogP contribution in [-0.4, -0.2) is 17.1 Å². The van der Waals surface area contributed by atoms with Crippen molar-refractivity contribution in [3.63, 3.8) is 0 Å². The Balaban J connectivity index is 1.75. The third-order valence-electron chi connectivity index (χ3n) is 2.57. The normalized spacial score (nSPS) is 10.5. The number of hydrogen-bond acceptors (Lipinski definition) is 3. The van der Waals surface area contributed by atoms with Crippen LogP contribution in [0.3, 0.4) is 0 Å². The Morgan fingerprint density at radius 1 is 1.21 bits per heavy atom. The van der Waals surface area contributed by atoms with E-state index in [1.165, 1.54) is 0 Å². The second-order valence-corrected chi connectivity index (χ2v) is 4.07. The summed E-state index contributed by atoms with van der Waals surface area (Å²) in [6, 6.07) is 13.6. The van der Waals surface area contributed by atoms with Gasteiger partial charge in [0.05, 0.1) is 6.21 Å². The highest BCUT2D eigenvalue weighted by molar-refractivity contribution is 5.82. The van der Waals surface area contributed by atoms with E-state index >= 15 is 0 Å². The van der Waals surface area contributed by atoms with Crippen molar-refractivity contribution in [1.29, 1.82) is 0 Å². The summed E-state index contributed by atoms with van der Waals surface area (Å²) >= 11 is 0. The van der Waals surface area contributed by atoms with Crippen LogP contribution in [-0.2, 0) is 11.2 Å². The van der Waals surface area contributed by atoms with E-state index in [0.29, 0.717) is 6.42 Å². The lowest BCUT2D eigenvalue weighted by Crippen LogP contribution is -2.17. The van der Waals surface area contributed by atoms with Crippen LogP contribution >= 0.6 is 0 Å². The molecule has 2 rings (SSSR count). The molecule has 0 radical (unpaired) electrons. The standard InChI is InChI=1S/C15H15N3O/c19-15(9-8-13-5-2-1-3-6-13)18-17-12-14-7-4-10-16-11-14/h1-7,10-12H,8-9H2,(H,18,19)/b17-12-. The SMILES string of the molecule is O=C(CCc1ccccc1)N/N=C\c1cccnc1. The first-order valence-corrected chi connectivity index (χ1v) is 6.10. The molecule has 96 valence electrons. The van der Waals surface area contributed by atoms with Crippen molar-refractivity contribution in [2.24, 2.45) is 5.10 Å². The molecule has 19 heavy (non-hydrogen) atoms. The van der Waals surface area contributed by atoms with Crippen LogP contribution in [0.4, 0.5) is 0 Å². The molecule has 0 spiro atoms. The number of carbonyl (C=O) groups is 1. The number of carbonyl (C=O) groups excluding carboxylic acids is 1. The van der Waals surface area contributed by atoms with Gasteiger partial charge in [-0.1, -0.05) is 36.4 Å². The van der Waals surface area contributed by atoms with E-state index in [0.717, 1.165) is 17.5 Å². The van der Waals surface area contributed by atoms with Gasteiger partial charge in [-0.15, -0.1) is 0 Å². The molecule has 1 aromatic heterocycles. The molecule has 0 aliphatic heterocycles. The predicted octanol–water partition coefficient (Wildman–Crippen LogP) is 2.16. The molecule has 0 fully saturated rings. The van der Waals surface area contributed by atoms with Crippen LogP contribution in [0.1, 0.15) is 17.5 Å². The Labute approximate surface area is 112 Å². The van der Waals surface area contributed by atoms with Gasteiger partial charge >= 0.3 is 0 Å². The fourth-order valence-electron chi connectivity index (χ4n) is 1.59. The Bertz CT molecular complexity index is 538. The predicted molar refractivity (Wildman–Crippen MR) is 74.7 cm³/mol. The summed E-state index contributed by atoms with van der Waals surface area (Å²) in [4.78, 5) is 15.5. The molecule has 0 saturated carbocycles. The average Bonchev–Trinajstić information content (AvgIpc) is 2.47. The van der Waals surface area contributed by atoms with Gasteiger partial charge in [-0.3, -0.25) is 9.78 Å².